The topological polar surface area (TPSA) is 102 Å². The van der Waals surface area contributed by atoms with Crippen LogP contribution in [0.15, 0.2) is 48.5 Å². The molecular weight excluding hydrogens is 384 g/mol. The monoisotopic (exact) mass is 410 g/mol. The van der Waals surface area contributed by atoms with Crippen molar-refractivity contribution in [3.8, 4) is 0 Å². The van der Waals surface area contributed by atoms with Gasteiger partial charge in [-0.25, -0.2) is 4.79 Å². The molecule has 2 aromatic rings. The first kappa shape index (κ1) is 22.8. The molecule has 0 aromatic heterocycles. The van der Waals surface area contributed by atoms with Crippen LogP contribution < -0.4 is 10.6 Å². The number of carbonyl (C=O) groups is 4. The standard InChI is InChI=1S/C23H26N2O5/c1-4-24-23(29)25-22(28)21(17-8-6-5-7-9-17)30-20(27)13-12-19(26)18-11-10-15(2)16(3)14-18/h5-11,14,21H,4,12-13H2,1-3H3,(H2,24,25,28,29)/t21-/m0/s1. The number of urea groups is 1. The third-order valence-corrected chi connectivity index (χ3v) is 4.55. The number of Topliss-reactive ketones (excluding diaryl/α,β-unsaturated/α-hetero) is 1. The maximum atomic E-state index is 12.5. The van der Waals surface area contributed by atoms with E-state index in [-0.39, 0.29) is 18.6 Å². The number of aryl methyl sites for hydroxylation is 2. The molecule has 3 amide bonds. The lowest BCUT2D eigenvalue weighted by Gasteiger charge is -2.17. The summed E-state index contributed by atoms with van der Waals surface area (Å²) in [6, 6.07) is 13.1. The summed E-state index contributed by atoms with van der Waals surface area (Å²) in [5, 5.41) is 4.60. The number of hydrogen-bond donors (Lipinski definition) is 2. The largest absolute Gasteiger partial charge is 0.447 e. The Bertz CT molecular complexity index is 924. The summed E-state index contributed by atoms with van der Waals surface area (Å²) in [6.07, 6.45) is -1.51. The van der Waals surface area contributed by atoms with Gasteiger partial charge in [-0.2, -0.15) is 0 Å². The van der Waals surface area contributed by atoms with Crippen LogP contribution in [-0.4, -0.2) is 30.2 Å². The van der Waals surface area contributed by atoms with Crippen LogP contribution in [-0.2, 0) is 14.3 Å². The van der Waals surface area contributed by atoms with E-state index < -0.39 is 24.0 Å². The van der Waals surface area contributed by atoms with Crippen molar-refractivity contribution in [2.24, 2.45) is 0 Å². The average Bonchev–Trinajstić information content (AvgIpc) is 2.72. The second-order valence-corrected chi connectivity index (χ2v) is 6.85. The number of esters is 1. The van der Waals surface area contributed by atoms with E-state index in [1.165, 1.54) is 0 Å². The molecule has 2 N–H and O–H groups in total. The number of benzene rings is 2. The molecule has 7 heteroatoms. The second kappa shape index (κ2) is 10.9. The first-order valence-corrected chi connectivity index (χ1v) is 9.75. The Hall–Kier alpha value is -3.48. The molecule has 0 unspecified atom stereocenters. The van der Waals surface area contributed by atoms with Crippen molar-refractivity contribution in [1.82, 2.24) is 10.6 Å². The molecule has 158 valence electrons. The van der Waals surface area contributed by atoms with Crippen LogP contribution in [0.5, 0.6) is 0 Å². The van der Waals surface area contributed by atoms with Gasteiger partial charge in [0.1, 0.15) is 0 Å². The summed E-state index contributed by atoms with van der Waals surface area (Å²) < 4.78 is 5.32. The van der Waals surface area contributed by atoms with Crippen molar-refractivity contribution in [3.05, 3.63) is 70.8 Å². The van der Waals surface area contributed by atoms with Gasteiger partial charge < -0.3 is 10.1 Å². The third-order valence-electron chi connectivity index (χ3n) is 4.55. The van der Waals surface area contributed by atoms with E-state index in [1.807, 2.05) is 19.9 Å². The first-order valence-electron chi connectivity index (χ1n) is 9.75. The highest BCUT2D eigenvalue weighted by Gasteiger charge is 2.26. The fraction of sp³-hybridized carbons (Fsp3) is 0.304. The molecule has 0 aliphatic carbocycles. The molecule has 2 rings (SSSR count). The Labute approximate surface area is 175 Å². The van der Waals surface area contributed by atoms with Gasteiger partial charge >= 0.3 is 12.0 Å². The van der Waals surface area contributed by atoms with Crippen LogP contribution in [0.4, 0.5) is 4.79 Å². The minimum atomic E-state index is -1.29. The minimum Gasteiger partial charge on any atom is -0.447 e. The zero-order chi connectivity index (χ0) is 22.1. The average molecular weight is 410 g/mol. The molecule has 7 nitrogen and oxygen atoms in total. The molecule has 0 radical (unpaired) electrons. The van der Waals surface area contributed by atoms with Crippen LogP contribution in [0.2, 0.25) is 0 Å². The Morgan fingerprint density at radius 3 is 2.27 bits per heavy atom. The van der Waals surface area contributed by atoms with Crippen LogP contribution in [0.3, 0.4) is 0 Å². The molecule has 1 atom stereocenters. The molecular formula is C23H26N2O5. The van der Waals surface area contributed by atoms with Crippen LogP contribution in [0.25, 0.3) is 0 Å². The van der Waals surface area contributed by atoms with Gasteiger partial charge in [0.15, 0.2) is 5.78 Å². The van der Waals surface area contributed by atoms with E-state index in [4.69, 9.17) is 4.74 Å². The van der Waals surface area contributed by atoms with Crippen molar-refractivity contribution in [2.75, 3.05) is 6.54 Å². The Morgan fingerprint density at radius 2 is 1.63 bits per heavy atom. The van der Waals surface area contributed by atoms with Crippen molar-refractivity contribution in [1.29, 1.82) is 0 Å². The van der Waals surface area contributed by atoms with Crippen LogP contribution >= 0.6 is 0 Å². The van der Waals surface area contributed by atoms with E-state index in [0.29, 0.717) is 17.7 Å². The van der Waals surface area contributed by atoms with Gasteiger partial charge in [0.25, 0.3) is 5.91 Å². The van der Waals surface area contributed by atoms with Gasteiger partial charge in [0.05, 0.1) is 6.42 Å². The summed E-state index contributed by atoms with van der Waals surface area (Å²) in [7, 11) is 0. The third kappa shape index (κ3) is 6.55. The van der Waals surface area contributed by atoms with Gasteiger partial charge in [0, 0.05) is 24.1 Å². The first-order chi connectivity index (χ1) is 14.3. The molecule has 0 heterocycles. The van der Waals surface area contributed by atoms with Crippen molar-refractivity contribution in [3.63, 3.8) is 0 Å². The van der Waals surface area contributed by atoms with E-state index >= 15 is 0 Å². The molecule has 0 bridgehead atoms. The Kier molecular flexibility index (Phi) is 8.29. The van der Waals surface area contributed by atoms with Crippen molar-refractivity contribution < 1.29 is 23.9 Å². The number of imide groups is 1. The van der Waals surface area contributed by atoms with E-state index in [2.05, 4.69) is 10.6 Å². The molecule has 0 spiro atoms. The Morgan fingerprint density at radius 1 is 0.933 bits per heavy atom. The van der Waals surface area contributed by atoms with E-state index in [1.54, 1.807) is 49.4 Å². The highest BCUT2D eigenvalue weighted by atomic mass is 16.5. The Balaban J connectivity index is 2.03. The maximum absolute atomic E-state index is 12.5. The highest BCUT2D eigenvalue weighted by Crippen LogP contribution is 2.19. The second-order valence-electron chi connectivity index (χ2n) is 6.85. The van der Waals surface area contributed by atoms with Gasteiger partial charge in [-0.15, -0.1) is 0 Å². The lowest BCUT2D eigenvalue weighted by atomic mass is 10.0. The smallest absolute Gasteiger partial charge is 0.321 e. The number of rotatable bonds is 8. The predicted octanol–water partition coefficient (Wildman–Crippen LogP) is 3.40. The van der Waals surface area contributed by atoms with Gasteiger partial charge in [-0.3, -0.25) is 19.7 Å². The molecule has 0 aliphatic heterocycles. The zero-order valence-electron chi connectivity index (χ0n) is 17.4. The number of nitrogens with one attached hydrogen (secondary N) is 2. The van der Waals surface area contributed by atoms with E-state index in [0.717, 1.165) is 11.1 Å². The number of ketones is 1. The van der Waals surface area contributed by atoms with Gasteiger partial charge in [-0.05, 0) is 38.0 Å². The van der Waals surface area contributed by atoms with Crippen LogP contribution in [0.1, 0.15) is 52.9 Å². The van der Waals surface area contributed by atoms with E-state index in [9.17, 15) is 19.2 Å². The summed E-state index contributed by atoms with van der Waals surface area (Å²) >= 11 is 0. The van der Waals surface area contributed by atoms with Gasteiger partial charge in [-0.1, -0.05) is 42.5 Å². The predicted molar refractivity (Wildman–Crippen MR) is 112 cm³/mol. The molecule has 0 fully saturated rings. The fourth-order valence-corrected chi connectivity index (χ4v) is 2.75. The quantitative estimate of drug-likeness (QED) is 0.513. The number of carbonyl (C=O) groups excluding carboxylic acids is 4. The van der Waals surface area contributed by atoms with Crippen molar-refractivity contribution >= 4 is 23.7 Å². The lowest BCUT2D eigenvalue weighted by molar-refractivity contribution is -0.156. The van der Waals surface area contributed by atoms with Crippen molar-refractivity contribution in [2.45, 2.75) is 39.7 Å². The highest BCUT2D eigenvalue weighted by molar-refractivity contribution is 5.99. The summed E-state index contributed by atoms with van der Waals surface area (Å²) in [5.74, 6) is -1.65. The minimum absolute atomic E-state index is 0.0409. The summed E-state index contributed by atoms with van der Waals surface area (Å²) in [4.78, 5) is 48.9. The normalized spacial score (nSPS) is 11.3. The number of ether oxygens (including phenoxy) is 1. The fourth-order valence-electron chi connectivity index (χ4n) is 2.75. The SMILES string of the molecule is CCNC(=O)NC(=O)[C@@H](OC(=O)CCC(=O)c1ccc(C)c(C)c1)c1ccccc1. The summed E-state index contributed by atoms with van der Waals surface area (Å²) in [6.45, 7) is 5.93. The lowest BCUT2D eigenvalue weighted by Crippen LogP contribution is -2.42. The molecule has 30 heavy (non-hydrogen) atoms. The molecule has 0 saturated heterocycles. The zero-order valence-corrected chi connectivity index (χ0v) is 17.4. The molecule has 0 aliphatic rings. The maximum Gasteiger partial charge on any atom is 0.321 e. The number of hydrogen-bond acceptors (Lipinski definition) is 5. The summed E-state index contributed by atoms with van der Waals surface area (Å²) in [5.41, 5.74) is 3.03. The number of amides is 3. The van der Waals surface area contributed by atoms with Crippen LogP contribution in [0, 0.1) is 13.8 Å². The van der Waals surface area contributed by atoms with Gasteiger partial charge in [0.2, 0.25) is 6.10 Å². The molecule has 0 saturated carbocycles. The molecule has 2 aromatic carbocycles.